The molecule has 120 valence electrons. The predicted octanol–water partition coefficient (Wildman–Crippen LogP) is 2.98. The predicted molar refractivity (Wildman–Crippen MR) is 93.8 cm³/mol. The maximum atomic E-state index is 12.6. The summed E-state index contributed by atoms with van der Waals surface area (Å²) in [6.45, 7) is 2.78. The minimum atomic E-state index is 0.00636. The van der Waals surface area contributed by atoms with Crippen LogP contribution >= 0.6 is 0 Å². The Balaban J connectivity index is 1.82. The minimum Gasteiger partial charge on any atom is -0.335 e. The van der Waals surface area contributed by atoms with Gasteiger partial charge in [0.25, 0.3) is 0 Å². The number of hydrogen-bond donors (Lipinski definition) is 1. The maximum absolute atomic E-state index is 12.6. The van der Waals surface area contributed by atoms with Crippen molar-refractivity contribution in [1.29, 1.82) is 0 Å². The van der Waals surface area contributed by atoms with Crippen LogP contribution in [-0.2, 0) is 4.79 Å². The van der Waals surface area contributed by atoms with Crippen molar-refractivity contribution in [1.82, 2.24) is 9.88 Å². The fourth-order valence-electron chi connectivity index (χ4n) is 3.30. The van der Waals surface area contributed by atoms with Crippen LogP contribution in [0.5, 0.6) is 0 Å². The average Bonchev–Trinajstić information content (AvgIpc) is 2.59. The van der Waals surface area contributed by atoms with E-state index in [1.54, 1.807) is 12.3 Å². The van der Waals surface area contributed by atoms with Crippen LogP contribution < -0.4 is 5.73 Å². The lowest BCUT2D eigenvalue weighted by molar-refractivity contribution is -0.129. The Labute approximate surface area is 137 Å². The normalized spacial score (nSPS) is 20.1. The molecule has 1 aromatic heterocycles. The van der Waals surface area contributed by atoms with Gasteiger partial charge in [0.2, 0.25) is 5.91 Å². The number of benzene rings is 1. The summed E-state index contributed by atoms with van der Waals surface area (Å²) in [7, 11) is 0. The molecule has 0 aliphatic carbocycles. The first kappa shape index (κ1) is 15.7. The van der Waals surface area contributed by atoms with Gasteiger partial charge in [-0.3, -0.25) is 9.78 Å². The summed E-state index contributed by atoms with van der Waals surface area (Å²) in [5.74, 6) is 0.0416. The molecule has 2 N–H and O–H groups in total. The van der Waals surface area contributed by atoms with Gasteiger partial charge in [-0.25, -0.2) is 0 Å². The number of nitrogens with zero attached hydrogens (tertiary/aromatic N) is 2. The molecule has 2 aromatic rings. The van der Waals surface area contributed by atoms with Crippen LogP contribution in [0.15, 0.2) is 42.6 Å². The van der Waals surface area contributed by atoms with E-state index in [0.717, 1.165) is 42.3 Å². The zero-order valence-electron chi connectivity index (χ0n) is 13.5. The van der Waals surface area contributed by atoms with Crippen molar-refractivity contribution in [2.24, 2.45) is 5.73 Å². The lowest BCUT2D eigenvalue weighted by Gasteiger charge is -2.37. The van der Waals surface area contributed by atoms with Crippen molar-refractivity contribution in [2.45, 2.75) is 38.3 Å². The smallest absolute Gasteiger partial charge is 0.246 e. The molecule has 2 atom stereocenters. The van der Waals surface area contributed by atoms with E-state index in [1.165, 1.54) is 0 Å². The summed E-state index contributed by atoms with van der Waals surface area (Å²) in [4.78, 5) is 18.9. The number of hydrogen-bond acceptors (Lipinski definition) is 3. The van der Waals surface area contributed by atoms with Crippen molar-refractivity contribution in [2.75, 3.05) is 6.54 Å². The van der Waals surface area contributed by atoms with Gasteiger partial charge in [0.05, 0.1) is 5.52 Å². The summed E-state index contributed by atoms with van der Waals surface area (Å²) < 4.78 is 0. The molecule has 0 bridgehead atoms. The second kappa shape index (κ2) is 6.92. The molecular weight excluding hydrogens is 286 g/mol. The third-order valence-corrected chi connectivity index (χ3v) is 4.51. The lowest BCUT2D eigenvalue weighted by Crippen LogP contribution is -2.51. The van der Waals surface area contributed by atoms with Crippen molar-refractivity contribution in [3.63, 3.8) is 0 Å². The standard InChI is InChI=1S/C19H23N3O/c1-14(20)17-9-2-3-13-22(17)18(23)11-10-16-7-4-6-15-8-5-12-21-19(15)16/h4-8,10-12,14,17H,2-3,9,13,20H2,1H3/b11-10+. The molecule has 1 aliphatic rings. The zero-order valence-corrected chi connectivity index (χ0v) is 13.5. The van der Waals surface area contributed by atoms with E-state index in [4.69, 9.17) is 5.73 Å². The molecule has 4 heteroatoms. The van der Waals surface area contributed by atoms with Crippen molar-refractivity contribution in [3.8, 4) is 0 Å². The molecule has 1 saturated heterocycles. The van der Waals surface area contributed by atoms with E-state index < -0.39 is 0 Å². The highest BCUT2D eigenvalue weighted by Crippen LogP contribution is 2.21. The molecule has 2 unspecified atom stereocenters. The van der Waals surface area contributed by atoms with E-state index in [2.05, 4.69) is 4.98 Å². The molecule has 2 heterocycles. The molecule has 1 fully saturated rings. The second-order valence-corrected chi connectivity index (χ2v) is 6.21. The number of carbonyl (C=O) groups is 1. The topological polar surface area (TPSA) is 59.2 Å². The number of para-hydroxylation sites is 1. The van der Waals surface area contributed by atoms with Crippen LogP contribution in [0.3, 0.4) is 0 Å². The number of aromatic nitrogens is 1. The van der Waals surface area contributed by atoms with Crippen LogP contribution in [0.25, 0.3) is 17.0 Å². The number of carbonyl (C=O) groups excluding carboxylic acids is 1. The molecule has 0 saturated carbocycles. The van der Waals surface area contributed by atoms with E-state index in [1.807, 2.05) is 48.2 Å². The second-order valence-electron chi connectivity index (χ2n) is 6.21. The molecule has 0 radical (unpaired) electrons. The van der Waals surface area contributed by atoms with Crippen LogP contribution in [0.1, 0.15) is 31.7 Å². The number of piperidine rings is 1. The van der Waals surface area contributed by atoms with E-state index >= 15 is 0 Å². The van der Waals surface area contributed by atoms with Gasteiger partial charge in [0.15, 0.2) is 0 Å². The SMILES string of the molecule is CC(N)C1CCCCN1C(=O)/C=C/c1cccc2cccnc12. The Kier molecular flexibility index (Phi) is 4.72. The first-order chi connectivity index (χ1) is 11.2. The number of likely N-dealkylation sites (tertiary alicyclic amines) is 1. The Morgan fingerprint density at radius 2 is 2.17 bits per heavy atom. The van der Waals surface area contributed by atoms with Gasteiger partial charge in [-0.1, -0.05) is 24.3 Å². The van der Waals surface area contributed by atoms with Gasteiger partial charge < -0.3 is 10.6 Å². The maximum Gasteiger partial charge on any atom is 0.246 e. The van der Waals surface area contributed by atoms with Crippen LogP contribution in [-0.4, -0.2) is 34.4 Å². The first-order valence-corrected chi connectivity index (χ1v) is 8.25. The summed E-state index contributed by atoms with van der Waals surface area (Å²) in [6, 6.07) is 10.1. The monoisotopic (exact) mass is 309 g/mol. The van der Waals surface area contributed by atoms with Crippen molar-refractivity contribution in [3.05, 3.63) is 48.2 Å². The Bertz CT molecular complexity index is 718. The summed E-state index contributed by atoms with van der Waals surface area (Å²) in [5.41, 5.74) is 7.93. The van der Waals surface area contributed by atoms with Crippen LogP contribution in [0.4, 0.5) is 0 Å². The summed E-state index contributed by atoms with van der Waals surface area (Å²) >= 11 is 0. The third-order valence-electron chi connectivity index (χ3n) is 4.51. The summed E-state index contributed by atoms with van der Waals surface area (Å²) in [6.07, 6.45) is 8.49. The molecular formula is C19H23N3O. The number of rotatable bonds is 3. The van der Waals surface area contributed by atoms with E-state index in [-0.39, 0.29) is 18.0 Å². The zero-order chi connectivity index (χ0) is 16.2. The number of pyridine rings is 1. The molecule has 0 spiro atoms. The van der Waals surface area contributed by atoms with Crippen molar-refractivity contribution >= 4 is 22.9 Å². The number of nitrogens with two attached hydrogens (primary N) is 1. The molecule has 1 aliphatic heterocycles. The van der Waals surface area contributed by atoms with Gasteiger partial charge >= 0.3 is 0 Å². The summed E-state index contributed by atoms with van der Waals surface area (Å²) in [5, 5.41) is 1.08. The van der Waals surface area contributed by atoms with Crippen LogP contribution in [0, 0.1) is 0 Å². The number of amides is 1. The highest BCUT2D eigenvalue weighted by molar-refractivity contribution is 5.95. The highest BCUT2D eigenvalue weighted by atomic mass is 16.2. The van der Waals surface area contributed by atoms with Gasteiger partial charge in [-0.15, -0.1) is 0 Å². The van der Waals surface area contributed by atoms with Gasteiger partial charge in [-0.05, 0) is 38.3 Å². The van der Waals surface area contributed by atoms with Gasteiger partial charge in [-0.2, -0.15) is 0 Å². The van der Waals surface area contributed by atoms with Crippen molar-refractivity contribution < 1.29 is 4.79 Å². The molecule has 3 rings (SSSR count). The Morgan fingerprint density at radius 3 is 3.00 bits per heavy atom. The molecule has 1 aromatic carbocycles. The third kappa shape index (κ3) is 3.42. The lowest BCUT2D eigenvalue weighted by atomic mass is 9.97. The average molecular weight is 309 g/mol. The Hall–Kier alpha value is -2.20. The highest BCUT2D eigenvalue weighted by Gasteiger charge is 2.27. The fourth-order valence-corrected chi connectivity index (χ4v) is 3.30. The largest absolute Gasteiger partial charge is 0.335 e. The van der Waals surface area contributed by atoms with Gasteiger partial charge in [0.1, 0.15) is 0 Å². The van der Waals surface area contributed by atoms with Crippen LogP contribution in [0.2, 0.25) is 0 Å². The van der Waals surface area contributed by atoms with E-state index in [9.17, 15) is 4.79 Å². The molecule has 23 heavy (non-hydrogen) atoms. The van der Waals surface area contributed by atoms with Gasteiger partial charge in [0, 0.05) is 41.9 Å². The quantitative estimate of drug-likeness (QED) is 0.887. The Morgan fingerprint density at radius 1 is 1.35 bits per heavy atom. The molecule has 4 nitrogen and oxygen atoms in total. The minimum absolute atomic E-state index is 0.00636. The molecule has 1 amide bonds. The first-order valence-electron chi connectivity index (χ1n) is 8.25. The number of fused-ring (bicyclic) bond motifs is 1. The van der Waals surface area contributed by atoms with E-state index in [0.29, 0.717) is 0 Å². The fraction of sp³-hybridized carbons (Fsp3) is 0.368.